The molecule has 0 aromatic heterocycles. The second-order valence-corrected chi connectivity index (χ2v) is 8.67. The Kier molecular flexibility index (Phi) is 12.1. The second-order valence-electron chi connectivity index (χ2n) is 7.75. The third-order valence-electron chi connectivity index (χ3n) is 4.92. The van der Waals surface area contributed by atoms with Gasteiger partial charge in [-0.3, -0.25) is 0 Å². The van der Waals surface area contributed by atoms with Crippen molar-refractivity contribution in [2.24, 2.45) is 0 Å². The van der Waals surface area contributed by atoms with Gasteiger partial charge in [0.05, 0.1) is 25.3 Å². The van der Waals surface area contributed by atoms with Crippen molar-refractivity contribution in [3.05, 3.63) is 113 Å². The molecule has 10 heteroatoms. The van der Waals surface area contributed by atoms with Crippen LogP contribution in [0.5, 0.6) is 0 Å². The lowest BCUT2D eigenvalue weighted by atomic mass is 9.81. The topological polar surface area (TPSA) is 145 Å². The summed E-state index contributed by atoms with van der Waals surface area (Å²) in [6, 6.07) is 28.6. The minimum atomic E-state index is -1.34. The van der Waals surface area contributed by atoms with Crippen LogP contribution in [-0.2, 0) is 9.47 Å². The van der Waals surface area contributed by atoms with Crippen molar-refractivity contribution in [2.45, 2.75) is 0 Å². The van der Waals surface area contributed by atoms with E-state index in [1.54, 1.807) is 54.6 Å². The maximum Gasteiger partial charge on any atom is 0.488 e. The monoisotopic (exact) mass is 578 g/mol. The summed E-state index contributed by atoms with van der Waals surface area (Å²) in [6.07, 6.45) is 0. The van der Waals surface area contributed by atoms with E-state index in [2.05, 4.69) is 25.4 Å². The molecular weight excluding hydrogens is 551 g/mol. The van der Waals surface area contributed by atoms with Gasteiger partial charge in [-0.05, 0) is 53.0 Å². The Morgan fingerprint density at radius 2 is 1.16 bits per heavy atom. The maximum atomic E-state index is 11.5. The van der Waals surface area contributed by atoms with E-state index < -0.39 is 7.12 Å². The summed E-state index contributed by atoms with van der Waals surface area (Å²) in [5.74, 6) is -0.766. The fourth-order valence-corrected chi connectivity index (χ4v) is 3.67. The number of ether oxygens (including phenoxy) is 2. The van der Waals surface area contributed by atoms with E-state index in [0.717, 1.165) is 15.6 Å². The molecule has 0 saturated heterocycles. The summed E-state index contributed by atoms with van der Waals surface area (Å²) >= 11 is 3.22. The molecule has 4 rings (SSSR count). The highest BCUT2D eigenvalue weighted by molar-refractivity contribution is 9.10. The molecule has 6 N–H and O–H groups in total. The number of nitrogen functional groups attached to an aromatic ring is 2. The molecule has 0 atom stereocenters. The minimum Gasteiger partial charge on any atom is -0.465 e. The van der Waals surface area contributed by atoms with Crippen molar-refractivity contribution in [1.29, 1.82) is 0 Å². The molecule has 4 aromatic carbocycles. The first-order chi connectivity index (χ1) is 18.1. The van der Waals surface area contributed by atoms with Gasteiger partial charge in [0.2, 0.25) is 0 Å². The average Bonchev–Trinajstić information content (AvgIpc) is 2.93. The second kappa shape index (κ2) is 15.2. The van der Waals surface area contributed by atoms with Gasteiger partial charge in [-0.1, -0.05) is 76.6 Å². The van der Waals surface area contributed by atoms with Gasteiger partial charge < -0.3 is 31.0 Å². The van der Waals surface area contributed by atoms with Crippen molar-refractivity contribution in [1.82, 2.24) is 0 Å². The lowest BCUT2D eigenvalue weighted by Crippen LogP contribution is -2.29. The Morgan fingerprint density at radius 3 is 1.61 bits per heavy atom. The van der Waals surface area contributed by atoms with E-state index >= 15 is 0 Å². The zero-order chi connectivity index (χ0) is 28.1. The number of halogens is 1. The van der Waals surface area contributed by atoms with Gasteiger partial charge >= 0.3 is 19.1 Å². The molecule has 0 amide bonds. The molecule has 0 heterocycles. The van der Waals surface area contributed by atoms with Crippen molar-refractivity contribution in [2.75, 3.05) is 25.7 Å². The summed E-state index contributed by atoms with van der Waals surface area (Å²) in [7, 11) is 1.35. The Labute approximate surface area is 230 Å². The molecule has 0 bridgehead atoms. The molecule has 4 aromatic rings. The van der Waals surface area contributed by atoms with Gasteiger partial charge in [-0.2, -0.15) is 0 Å². The van der Waals surface area contributed by atoms with Gasteiger partial charge in [0.25, 0.3) is 0 Å². The van der Waals surface area contributed by atoms with Gasteiger partial charge in [-0.15, -0.1) is 0 Å². The Bertz CT molecular complexity index is 1320. The molecule has 0 fully saturated rings. The standard InChI is InChI=1S/C14H13NO2.C8H8BrNO2.C6H7BO2/c1-17-14(16)12-7-11(8-13(15)9-12)10-5-3-2-4-6-10;1-12-8(11)5-2-6(9)4-7(10)3-5;8-7(9)6-4-2-1-3-5-6/h2-9H,15H2,1H3;2-4H,10H2,1H3;1-5,8-9H. The molecule has 196 valence electrons. The molecule has 0 saturated carbocycles. The SMILES string of the molecule is COC(=O)c1cc(N)cc(-c2ccccc2)c1.COC(=O)c1cc(N)cc(Br)c1.OB(O)c1ccccc1. The van der Waals surface area contributed by atoms with E-state index in [-0.39, 0.29) is 11.9 Å². The van der Waals surface area contributed by atoms with Crippen LogP contribution >= 0.6 is 15.9 Å². The lowest BCUT2D eigenvalue weighted by Gasteiger charge is -2.06. The first kappa shape index (κ1) is 30.1. The van der Waals surface area contributed by atoms with Crippen molar-refractivity contribution in [3.63, 3.8) is 0 Å². The quantitative estimate of drug-likeness (QED) is 0.162. The highest BCUT2D eigenvalue weighted by Gasteiger charge is 2.09. The largest absolute Gasteiger partial charge is 0.488 e. The third-order valence-corrected chi connectivity index (χ3v) is 5.38. The molecule has 0 spiro atoms. The minimum absolute atomic E-state index is 0.380. The number of benzene rings is 4. The van der Waals surface area contributed by atoms with E-state index in [1.807, 2.05) is 42.5 Å². The molecule has 38 heavy (non-hydrogen) atoms. The van der Waals surface area contributed by atoms with Gasteiger partial charge in [0, 0.05) is 15.8 Å². The van der Waals surface area contributed by atoms with E-state index in [0.29, 0.717) is 28.0 Å². The van der Waals surface area contributed by atoms with Crippen molar-refractivity contribution < 1.29 is 29.1 Å². The molecule has 0 radical (unpaired) electrons. The summed E-state index contributed by atoms with van der Waals surface area (Å²) in [5, 5.41) is 17.2. The zero-order valence-electron chi connectivity index (χ0n) is 20.9. The number of hydrogen-bond donors (Lipinski definition) is 4. The van der Waals surface area contributed by atoms with E-state index in [4.69, 9.17) is 21.5 Å². The molecule has 8 nitrogen and oxygen atoms in total. The van der Waals surface area contributed by atoms with Crippen molar-refractivity contribution >= 4 is 51.8 Å². The summed E-state index contributed by atoms with van der Waals surface area (Å²) in [5.41, 5.74) is 15.7. The van der Waals surface area contributed by atoms with Crippen LogP contribution in [0, 0.1) is 0 Å². The van der Waals surface area contributed by atoms with Crippen LogP contribution in [0.15, 0.2) is 102 Å². The van der Waals surface area contributed by atoms with E-state index in [1.165, 1.54) is 14.2 Å². The summed E-state index contributed by atoms with van der Waals surface area (Å²) in [4.78, 5) is 22.5. The maximum absolute atomic E-state index is 11.5. The van der Waals surface area contributed by atoms with Crippen LogP contribution in [0.4, 0.5) is 11.4 Å². The normalized spacial score (nSPS) is 9.61. The average molecular weight is 579 g/mol. The first-order valence-electron chi connectivity index (χ1n) is 11.2. The van der Waals surface area contributed by atoms with Crippen LogP contribution < -0.4 is 16.9 Å². The number of methoxy groups -OCH3 is 2. The van der Waals surface area contributed by atoms with Crippen LogP contribution in [0.3, 0.4) is 0 Å². The Morgan fingerprint density at radius 1 is 0.684 bits per heavy atom. The molecule has 0 aliphatic rings. The van der Waals surface area contributed by atoms with Crippen LogP contribution in [0.25, 0.3) is 11.1 Å². The van der Waals surface area contributed by atoms with Crippen LogP contribution in [-0.4, -0.2) is 43.3 Å². The molecule has 0 aliphatic heterocycles. The Hall–Kier alpha value is -4.12. The molecular formula is C28H28BBrN2O6. The summed E-state index contributed by atoms with van der Waals surface area (Å²) in [6.45, 7) is 0. The number of nitrogens with two attached hydrogens (primary N) is 2. The highest BCUT2D eigenvalue weighted by atomic mass is 79.9. The molecule has 0 aliphatic carbocycles. The number of hydrogen-bond acceptors (Lipinski definition) is 8. The smallest absolute Gasteiger partial charge is 0.465 e. The van der Waals surface area contributed by atoms with Gasteiger partial charge in [-0.25, -0.2) is 9.59 Å². The lowest BCUT2D eigenvalue weighted by molar-refractivity contribution is 0.0592. The van der Waals surface area contributed by atoms with Crippen LogP contribution in [0.2, 0.25) is 0 Å². The number of carbonyl (C=O) groups excluding carboxylic acids is 2. The van der Waals surface area contributed by atoms with Crippen molar-refractivity contribution in [3.8, 4) is 11.1 Å². The zero-order valence-corrected chi connectivity index (χ0v) is 22.5. The Balaban J connectivity index is 0.000000212. The number of anilines is 2. The first-order valence-corrected chi connectivity index (χ1v) is 12.0. The predicted molar refractivity (Wildman–Crippen MR) is 154 cm³/mol. The fraction of sp³-hybridized carbons (Fsp3) is 0.0714. The third kappa shape index (κ3) is 9.74. The number of esters is 2. The highest BCUT2D eigenvalue weighted by Crippen LogP contribution is 2.23. The number of rotatable bonds is 4. The van der Waals surface area contributed by atoms with Gasteiger partial charge in [0.15, 0.2) is 0 Å². The fourth-order valence-electron chi connectivity index (χ4n) is 3.16. The van der Waals surface area contributed by atoms with Gasteiger partial charge in [0.1, 0.15) is 0 Å². The van der Waals surface area contributed by atoms with Crippen LogP contribution in [0.1, 0.15) is 20.7 Å². The number of carbonyl (C=O) groups is 2. The van der Waals surface area contributed by atoms with E-state index in [9.17, 15) is 9.59 Å². The molecule has 0 unspecified atom stereocenters. The predicted octanol–water partition coefficient (Wildman–Crippen LogP) is 3.91. The summed E-state index contributed by atoms with van der Waals surface area (Å²) < 4.78 is 9.99.